The monoisotopic (exact) mass is 366 g/mol. The minimum absolute atomic E-state index is 0.129. The number of aryl methyl sites for hydroxylation is 2. The molecule has 0 unspecified atom stereocenters. The minimum atomic E-state index is -0.357. The van der Waals surface area contributed by atoms with Crippen LogP contribution in [-0.2, 0) is 11.2 Å². The van der Waals surface area contributed by atoms with E-state index in [1.54, 1.807) is 17.6 Å². The molecule has 3 aromatic rings. The van der Waals surface area contributed by atoms with Gasteiger partial charge >= 0.3 is 0 Å². The SMILES string of the molecule is Cc1ccnc(NC(=O)c2csc(NC(=O)CCc3ccccc3)n2)c1. The first kappa shape index (κ1) is 17.8. The van der Waals surface area contributed by atoms with Crippen molar-refractivity contribution in [3.05, 3.63) is 70.9 Å². The van der Waals surface area contributed by atoms with Crippen LogP contribution in [0.25, 0.3) is 0 Å². The maximum Gasteiger partial charge on any atom is 0.276 e. The van der Waals surface area contributed by atoms with Crippen LogP contribution in [0, 0.1) is 6.92 Å². The topological polar surface area (TPSA) is 84.0 Å². The van der Waals surface area contributed by atoms with Gasteiger partial charge in [0.1, 0.15) is 11.5 Å². The van der Waals surface area contributed by atoms with E-state index in [2.05, 4.69) is 20.6 Å². The fraction of sp³-hybridized carbons (Fsp3) is 0.158. The third kappa shape index (κ3) is 4.97. The molecular formula is C19H18N4O2S. The number of pyridine rings is 1. The Hall–Kier alpha value is -3.06. The summed E-state index contributed by atoms with van der Waals surface area (Å²) in [6, 6.07) is 13.4. The Balaban J connectivity index is 1.53. The van der Waals surface area contributed by atoms with Crippen molar-refractivity contribution in [1.29, 1.82) is 0 Å². The lowest BCUT2D eigenvalue weighted by Gasteiger charge is -2.03. The number of rotatable bonds is 6. The summed E-state index contributed by atoms with van der Waals surface area (Å²) in [5.41, 5.74) is 2.35. The maximum atomic E-state index is 12.2. The van der Waals surface area contributed by atoms with Gasteiger partial charge in [-0.3, -0.25) is 9.59 Å². The molecule has 2 amide bonds. The predicted molar refractivity (Wildman–Crippen MR) is 102 cm³/mol. The van der Waals surface area contributed by atoms with Crippen molar-refractivity contribution in [2.45, 2.75) is 19.8 Å². The lowest BCUT2D eigenvalue weighted by atomic mass is 10.1. The zero-order chi connectivity index (χ0) is 18.4. The zero-order valence-electron chi connectivity index (χ0n) is 14.2. The lowest BCUT2D eigenvalue weighted by Crippen LogP contribution is -2.15. The van der Waals surface area contributed by atoms with Gasteiger partial charge in [-0.25, -0.2) is 9.97 Å². The van der Waals surface area contributed by atoms with E-state index in [1.165, 1.54) is 11.3 Å². The fourth-order valence-electron chi connectivity index (χ4n) is 2.30. The molecule has 0 fully saturated rings. The van der Waals surface area contributed by atoms with Crippen molar-refractivity contribution in [2.24, 2.45) is 0 Å². The summed E-state index contributed by atoms with van der Waals surface area (Å²) in [5, 5.41) is 7.44. The molecule has 7 heteroatoms. The highest BCUT2D eigenvalue weighted by atomic mass is 32.1. The molecule has 26 heavy (non-hydrogen) atoms. The average molecular weight is 366 g/mol. The van der Waals surface area contributed by atoms with Crippen molar-refractivity contribution in [3.8, 4) is 0 Å². The first-order valence-corrected chi connectivity index (χ1v) is 9.01. The largest absolute Gasteiger partial charge is 0.305 e. The van der Waals surface area contributed by atoms with Gasteiger partial charge in [0.2, 0.25) is 5.91 Å². The van der Waals surface area contributed by atoms with Crippen LogP contribution in [-0.4, -0.2) is 21.8 Å². The summed E-state index contributed by atoms with van der Waals surface area (Å²) >= 11 is 1.22. The third-order valence-electron chi connectivity index (χ3n) is 3.62. The predicted octanol–water partition coefficient (Wildman–Crippen LogP) is 3.67. The Kier molecular flexibility index (Phi) is 5.70. The van der Waals surface area contributed by atoms with E-state index in [0.29, 0.717) is 23.8 Å². The van der Waals surface area contributed by atoms with Crippen LogP contribution in [0.15, 0.2) is 54.0 Å². The number of thiazole rings is 1. The van der Waals surface area contributed by atoms with Crippen LogP contribution in [0.3, 0.4) is 0 Å². The Labute approximate surface area is 155 Å². The smallest absolute Gasteiger partial charge is 0.276 e. The summed E-state index contributed by atoms with van der Waals surface area (Å²) in [6.45, 7) is 1.92. The number of nitrogens with one attached hydrogen (secondary N) is 2. The molecular weight excluding hydrogens is 348 g/mol. The van der Waals surface area contributed by atoms with E-state index in [0.717, 1.165) is 11.1 Å². The number of carbonyl (C=O) groups is 2. The van der Waals surface area contributed by atoms with E-state index < -0.39 is 0 Å². The number of nitrogens with zero attached hydrogens (tertiary/aromatic N) is 2. The summed E-state index contributed by atoms with van der Waals surface area (Å²) in [7, 11) is 0. The number of hydrogen-bond acceptors (Lipinski definition) is 5. The summed E-state index contributed by atoms with van der Waals surface area (Å²) < 4.78 is 0. The van der Waals surface area contributed by atoms with Crippen molar-refractivity contribution in [2.75, 3.05) is 10.6 Å². The molecule has 0 spiro atoms. The van der Waals surface area contributed by atoms with Crippen molar-refractivity contribution in [3.63, 3.8) is 0 Å². The normalized spacial score (nSPS) is 10.3. The van der Waals surface area contributed by atoms with Crippen LogP contribution < -0.4 is 10.6 Å². The molecule has 6 nitrogen and oxygen atoms in total. The second-order valence-corrected chi connectivity index (χ2v) is 6.60. The van der Waals surface area contributed by atoms with Crippen molar-refractivity contribution in [1.82, 2.24) is 9.97 Å². The Morgan fingerprint density at radius 3 is 2.69 bits per heavy atom. The molecule has 0 aliphatic heterocycles. The quantitative estimate of drug-likeness (QED) is 0.697. The minimum Gasteiger partial charge on any atom is -0.305 e. The molecule has 0 aliphatic carbocycles. The van der Waals surface area contributed by atoms with Crippen molar-refractivity contribution < 1.29 is 9.59 Å². The van der Waals surface area contributed by atoms with Gasteiger partial charge in [-0.2, -0.15) is 0 Å². The third-order valence-corrected chi connectivity index (χ3v) is 4.38. The molecule has 0 bridgehead atoms. The van der Waals surface area contributed by atoms with E-state index in [9.17, 15) is 9.59 Å². The maximum absolute atomic E-state index is 12.2. The van der Waals surface area contributed by atoms with E-state index in [4.69, 9.17) is 0 Å². The molecule has 132 valence electrons. The Morgan fingerprint density at radius 2 is 1.92 bits per heavy atom. The van der Waals surface area contributed by atoms with Crippen LogP contribution in [0.2, 0.25) is 0 Å². The van der Waals surface area contributed by atoms with Gasteiger partial charge in [0, 0.05) is 18.0 Å². The van der Waals surface area contributed by atoms with Gasteiger partial charge < -0.3 is 10.6 Å². The highest BCUT2D eigenvalue weighted by molar-refractivity contribution is 7.14. The van der Waals surface area contributed by atoms with Crippen molar-refractivity contribution >= 4 is 34.1 Å². The van der Waals surface area contributed by atoms with Gasteiger partial charge in [-0.1, -0.05) is 30.3 Å². The van der Waals surface area contributed by atoms with Crippen LogP contribution >= 0.6 is 11.3 Å². The zero-order valence-corrected chi connectivity index (χ0v) is 15.0. The molecule has 0 radical (unpaired) electrons. The van der Waals surface area contributed by atoms with E-state index in [-0.39, 0.29) is 17.5 Å². The lowest BCUT2D eigenvalue weighted by molar-refractivity contribution is -0.116. The summed E-state index contributed by atoms with van der Waals surface area (Å²) in [4.78, 5) is 32.5. The molecule has 0 atom stereocenters. The van der Waals surface area contributed by atoms with E-state index >= 15 is 0 Å². The molecule has 2 aromatic heterocycles. The second-order valence-electron chi connectivity index (χ2n) is 5.74. The molecule has 0 saturated carbocycles. The standard InChI is InChI=1S/C19H18N4O2S/c1-13-9-10-20-16(11-13)22-18(25)15-12-26-19(21-15)23-17(24)8-7-14-5-3-2-4-6-14/h2-6,9-12H,7-8H2,1H3,(H,20,22,25)(H,21,23,24). The number of carbonyl (C=O) groups excluding carboxylic acids is 2. The number of aromatic nitrogens is 2. The number of benzene rings is 1. The summed E-state index contributed by atoms with van der Waals surface area (Å²) in [5.74, 6) is -0.0175. The van der Waals surface area contributed by atoms with Crippen LogP contribution in [0.1, 0.15) is 28.0 Å². The Bertz CT molecular complexity index is 909. The van der Waals surface area contributed by atoms with Gasteiger partial charge in [-0.05, 0) is 36.6 Å². The molecule has 0 saturated heterocycles. The van der Waals surface area contributed by atoms with Gasteiger partial charge in [0.25, 0.3) is 5.91 Å². The molecule has 2 heterocycles. The van der Waals surface area contributed by atoms with Gasteiger partial charge in [0.05, 0.1) is 0 Å². The fourth-order valence-corrected chi connectivity index (χ4v) is 3.01. The second kappa shape index (κ2) is 8.35. The van der Waals surface area contributed by atoms with Gasteiger partial charge in [0.15, 0.2) is 5.13 Å². The van der Waals surface area contributed by atoms with E-state index in [1.807, 2.05) is 43.3 Å². The first-order chi connectivity index (χ1) is 12.6. The van der Waals surface area contributed by atoms with Gasteiger partial charge in [-0.15, -0.1) is 11.3 Å². The first-order valence-electron chi connectivity index (χ1n) is 8.13. The highest BCUT2D eigenvalue weighted by Gasteiger charge is 2.13. The summed E-state index contributed by atoms with van der Waals surface area (Å²) in [6.07, 6.45) is 2.65. The molecule has 3 rings (SSSR count). The highest BCUT2D eigenvalue weighted by Crippen LogP contribution is 2.17. The molecule has 2 N–H and O–H groups in total. The Morgan fingerprint density at radius 1 is 1.12 bits per heavy atom. The average Bonchev–Trinajstić information content (AvgIpc) is 3.09. The number of hydrogen-bond donors (Lipinski definition) is 2. The van der Waals surface area contributed by atoms with Crippen LogP contribution in [0.4, 0.5) is 10.9 Å². The number of anilines is 2. The van der Waals surface area contributed by atoms with Crippen LogP contribution in [0.5, 0.6) is 0 Å². The number of amides is 2. The molecule has 0 aliphatic rings. The molecule has 1 aromatic carbocycles.